The fraction of sp³-hybridized carbons (Fsp3) is 0.480. The van der Waals surface area contributed by atoms with E-state index in [9.17, 15) is 4.79 Å². The van der Waals surface area contributed by atoms with Gasteiger partial charge in [-0.3, -0.25) is 9.69 Å². The van der Waals surface area contributed by atoms with Crippen molar-refractivity contribution in [3.8, 4) is 0 Å². The van der Waals surface area contributed by atoms with Crippen LogP contribution in [0.2, 0.25) is 0 Å². The zero-order chi connectivity index (χ0) is 20.8. The molecule has 5 heteroatoms. The molecule has 1 atom stereocenters. The summed E-state index contributed by atoms with van der Waals surface area (Å²) in [5.41, 5.74) is 4.43. The average Bonchev–Trinajstić information content (AvgIpc) is 2.81. The van der Waals surface area contributed by atoms with Gasteiger partial charge in [-0.25, -0.2) is 0 Å². The van der Waals surface area contributed by atoms with Gasteiger partial charge in [-0.2, -0.15) is 0 Å². The van der Waals surface area contributed by atoms with Gasteiger partial charge in [-0.1, -0.05) is 29.8 Å². The predicted molar refractivity (Wildman–Crippen MR) is 121 cm³/mol. The maximum atomic E-state index is 12.8. The van der Waals surface area contributed by atoms with Crippen LogP contribution in [0.4, 0.5) is 5.69 Å². The summed E-state index contributed by atoms with van der Waals surface area (Å²) in [5.74, 6) is -0.00874. The van der Waals surface area contributed by atoms with Gasteiger partial charge >= 0.3 is 0 Å². The Morgan fingerprint density at radius 1 is 0.933 bits per heavy atom. The number of morpholine rings is 1. The van der Waals surface area contributed by atoms with Crippen LogP contribution >= 0.6 is 0 Å². The predicted octanol–water partition coefficient (Wildman–Crippen LogP) is 3.79. The number of benzene rings is 2. The van der Waals surface area contributed by atoms with E-state index in [2.05, 4.69) is 58.4 Å². The first-order valence-corrected chi connectivity index (χ1v) is 11.2. The molecule has 30 heavy (non-hydrogen) atoms. The van der Waals surface area contributed by atoms with Crippen molar-refractivity contribution in [2.24, 2.45) is 0 Å². The Kier molecular flexibility index (Phi) is 7.03. The summed E-state index contributed by atoms with van der Waals surface area (Å²) in [7, 11) is 0. The molecule has 0 spiro atoms. The van der Waals surface area contributed by atoms with E-state index in [1.807, 2.05) is 12.1 Å². The molecule has 0 unspecified atom stereocenters. The lowest BCUT2D eigenvalue weighted by molar-refractivity contribution is 0.0162. The standard InChI is InChI=1S/C25H33N3O2/c1-20-5-7-21(8-6-20)24(28-15-17-30-18-16-28)19-26-25(29)22-9-11-23(12-10-22)27-13-3-2-4-14-27/h5-12,24H,2-4,13-19H2,1H3,(H,26,29)/t24-/m1/s1. The molecule has 2 saturated heterocycles. The quantitative estimate of drug-likeness (QED) is 0.791. The smallest absolute Gasteiger partial charge is 0.251 e. The molecule has 2 heterocycles. The Morgan fingerprint density at radius 3 is 2.27 bits per heavy atom. The van der Waals surface area contributed by atoms with Gasteiger partial charge < -0.3 is 15.0 Å². The normalized spacial score (nSPS) is 18.8. The molecular weight excluding hydrogens is 374 g/mol. The van der Waals surface area contributed by atoms with Crippen LogP contribution in [0.15, 0.2) is 48.5 Å². The number of piperidine rings is 1. The molecular formula is C25H33N3O2. The van der Waals surface area contributed by atoms with Crippen molar-refractivity contribution in [1.82, 2.24) is 10.2 Å². The monoisotopic (exact) mass is 407 g/mol. The third kappa shape index (κ3) is 5.21. The second-order valence-electron chi connectivity index (χ2n) is 8.38. The van der Waals surface area contributed by atoms with Crippen LogP contribution in [-0.4, -0.2) is 56.7 Å². The number of nitrogens with zero attached hydrogens (tertiary/aromatic N) is 2. The Bertz CT molecular complexity index is 807. The molecule has 0 saturated carbocycles. The van der Waals surface area contributed by atoms with E-state index in [0.29, 0.717) is 6.54 Å². The highest BCUT2D eigenvalue weighted by Crippen LogP contribution is 2.23. The highest BCUT2D eigenvalue weighted by atomic mass is 16.5. The number of rotatable bonds is 6. The first kappa shape index (κ1) is 20.9. The van der Waals surface area contributed by atoms with Crippen LogP contribution in [0.5, 0.6) is 0 Å². The van der Waals surface area contributed by atoms with Crippen LogP contribution in [0.3, 0.4) is 0 Å². The summed E-state index contributed by atoms with van der Waals surface area (Å²) in [6.07, 6.45) is 3.83. The van der Waals surface area contributed by atoms with E-state index in [1.54, 1.807) is 0 Å². The third-order valence-corrected chi connectivity index (χ3v) is 6.26. The van der Waals surface area contributed by atoms with Gasteiger partial charge in [0.2, 0.25) is 0 Å². The first-order chi connectivity index (χ1) is 14.7. The van der Waals surface area contributed by atoms with Crippen molar-refractivity contribution < 1.29 is 9.53 Å². The van der Waals surface area contributed by atoms with Gasteiger partial charge in [0.15, 0.2) is 0 Å². The van der Waals surface area contributed by atoms with E-state index in [1.165, 1.54) is 36.1 Å². The Hall–Kier alpha value is -2.37. The molecule has 2 aliphatic heterocycles. The highest BCUT2D eigenvalue weighted by molar-refractivity contribution is 5.94. The molecule has 1 N–H and O–H groups in total. The fourth-order valence-electron chi connectivity index (χ4n) is 4.40. The van der Waals surface area contributed by atoms with Crippen LogP contribution in [0.25, 0.3) is 0 Å². The summed E-state index contributed by atoms with van der Waals surface area (Å²) in [5, 5.41) is 3.17. The molecule has 0 aliphatic carbocycles. The number of anilines is 1. The van der Waals surface area contributed by atoms with E-state index >= 15 is 0 Å². The second-order valence-corrected chi connectivity index (χ2v) is 8.38. The fourth-order valence-corrected chi connectivity index (χ4v) is 4.40. The van der Waals surface area contributed by atoms with Crippen LogP contribution in [0.1, 0.15) is 46.8 Å². The first-order valence-electron chi connectivity index (χ1n) is 11.2. The average molecular weight is 408 g/mol. The van der Waals surface area contributed by atoms with Crippen LogP contribution in [0, 0.1) is 6.92 Å². The molecule has 0 bridgehead atoms. The van der Waals surface area contributed by atoms with E-state index in [0.717, 1.165) is 45.0 Å². The lowest BCUT2D eigenvalue weighted by Crippen LogP contribution is -2.43. The van der Waals surface area contributed by atoms with E-state index < -0.39 is 0 Å². The van der Waals surface area contributed by atoms with Gasteiger partial charge in [0, 0.05) is 44.0 Å². The number of hydrogen-bond acceptors (Lipinski definition) is 4. The van der Waals surface area contributed by atoms with E-state index in [-0.39, 0.29) is 11.9 Å². The maximum Gasteiger partial charge on any atom is 0.251 e. The number of aryl methyl sites for hydroxylation is 1. The molecule has 0 aromatic heterocycles. The number of amides is 1. The van der Waals surface area contributed by atoms with Gasteiger partial charge in [0.1, 0.15) is 0 Å². The minimum atomic E-state index is -0.00874. The molecule has 2 aromatic carbocycles. The van der Waals surface area contributed by atoms with Gasteiger partial charge in [0.25, 0.3) is 5.91 Å². The van der Waals surface area contributed by atoms with Crippen LogP contribution in [-0.2, 0) is 4.74 Å². The lowest BCUT2D eigenvalue weighted by Gasteiger charge is -2.35. The summed E-state index contributed by atoms with van der Waals surface area (Å²) in [6.45, 7) is 8.19. The zero-order valence-corrected chi connectivity index (χ0v) is 18.0. The van der Waals surface area contributed by atoms with Crippen LogP contribution < -0.4 is 10.2 Å². The topological polar surface area (TPSA) is 44.8 Å². The maximum absolute atomic E-state index is 12.8. The van der Waals surface area contributed by atoms with Crippen molar-refractivity contribution in [3.05, 3.63) is 65.2 Å². The molecule has 2 fully saturated rings. The summed E-state index contributed by atoms with van der Waals surface area (Å²) < 4.78 is 5.53. The minimum absolute atomic E-state index is 0.00874. The van der Waals surface area contributed by atoms with E-state index in [4.69, 9.17) is 4.74 Å². The number of carbonyl (C=O) groups is 1. The Balaban J connectivity index is 1.40. The van der Waals surface area contributed by atoms with Crippen molar-refractivity contribution >= 4 is 11.6 Å². The molecule has 160 valence electrons. The highest BCUT2D eigenvalue weighted by Gasteiger charge is 2.23. The Morgan fingerprint density at radius 2 is 1.60 bits per heavy atom. The number of hydrogen-bond donors (Lipinski definition) is 1. The van der Waals surface area contributed by atoms with Crippen molar-refractivity contribution in [1.29, 1.82) is 0 Å². The lowest BCUT2D eigenvalue weighted by atomic mass is 10.0. The second kappa shape index (κ2) is 10.1. The summed E-state index contributed by atoms with van der Waals surface area (Å²) in [4.78, 5) is 17.7. The third-order valence-electron chi connectivity index (χ3n) is 6.26. The number of nitrogens with one attached hydrogen (secondary N) is 1. The van der Waals surface area contributed by atoms with Gasteiger partial charge in [-0.05, 0) is 56.0 Å². The SMILES string of the molecule is Cc1ccc([C@@H](CNC(=O)c2ccc(N3CCCCC3)cc2)N2CCOCC2)cc1. The molecule has 1 amide bonds. The van der Waals surface area contributed by atoms with Gasteiger partial charge in [-0.15, -0.1) is 0 Å². The summed E-state index contributed by atoms with van der Waals surface area (Å²) in [6, 6.07) is 16.9. The Labute approximate surface area is 180 Å². The molecule has 0 radical (unpaired) electrons. The van der Waals surface area contributed by atoms with Crippen molar-refractivity contribution in [3.63, 3.8) is 0 Å². The number of carbonyl (C=O) groups excluding carboxylic acids is 1. The molecule has 2 aliphatic rings. The largest absolute Gasteiger partial charge is 0.379 e. The zero-order valence-electron chi connectivity index (χ0n) is 18.0. The number of ether oxygens (including phenoxy) is 1. The molecule has 5 nitrogen and oxygen atoms in total. The van der Waals surface area contributed by atoms with Crippen molar-refractivity contribution in [2.75, 3.05) is 50.8 Å². The molecule has 2 aromatic rings. The van der Waals surface area contributed by atoms with Gasteiger partial charge in [0.05, 0.1) is 19.3 Å². The minimum Gasteiger partial charge on any atom is -0.379 e. The summed E-state index contributed by atoms with van der Waals surface area (Å²) >= 11 is 0. The molecule has 4 rings (SSSR count). The van der Waals surface area contributed by atoms with Crippen molar-refractivity contribution in [2.45, 2.75) is 32.2 Å².